The lowest BCUT2D eigenvalue weighted by atomic mass is 10.2. The minimum absolute atomic E-state index is 0.0497. The Morgan fingerprint density at radius 2 is 2.00 bits per heavy atom. The molecule has 2 N–H and O–H groups in total. The van der Waals surface area contributed by atoms with Crippen molar-refractivity contribution in [3.05, 3.63) is 22.8 Å². The Kier molecular flexibility index (Phi) is 7.59. The van der Waals surface area contributed by atoms with Crippen LogP contribution in [0.3, 0.4) is 0 Å². The third-order valence-corrected chi connectivity index (χ3v) is 3.44. The van der Waals surface area contributed by atoms with Crippen LogP contribution >= 0.6 is 11.6 Å². The maximum absolute atomic E-state index is 12.2. The molecular weight excluding hydrogens is 354 g/mol. The monoisotopic (exact) mass is 373 g/mol. The number of ether oxygens (including phenoxy) is 1. The number of rotatable bonds is 3. The Balaban J connectivity index is 0.000000450. The van der Waals surface area contributed by atoms with Gasteiger partial charge in [-0.1, -0.05) is 11.6 Å². The van der Waals surface area contributed by atoms with E-state index >= 15 is 0 Å². The fourth-order valence-electron chi connectivity index (χ4n) is 2.02. The van der Waals surface area contributed by atoms with Gasteiger partial charge in [-0.25, -0.2) is 14.6 Å². The minimum Gasteiger partial charge on any atom is -0.473 e. The van der Waals surface area contributed by atoms with Crippen LogP contribution in [-0.2, 0) is 9.59 Å². The van der Waals surface area contributed by atoms with Gasteiger partial charge in [-0.3, -0.25) is 4.79 Å². The SMILES string of the molecule is CN(C)CCC1CN(C)C(=O)c2cc(Cl)cnc2O1.O=C(O)C(=O)O. The third kappa shape index (κ3) is 6.55. The molecule has 0 bridgehead atoms. The van der Waals surface area contributed by atoms with Crippen LogP contribution in [0.4, 0.5) is 0 Å². The van der Waals surface area contributed by atoms with Gasteiger partial charge in [0.1, 0.15) is 11.7 Å². The second-order valence-corrected chi connectivity index (χ2v) is 6.07. The molecule has 1 amide bonds. The number of carboxylic acids is 2. The van der Waals surface area contributed by atoms with Gasteiger partial charge in [-0.05, 0) is 26.6 Å². The molecule has 25 heavy (non-hydrogen) atoms. The van der Waals surface area contributed by atoms with E-state index in [1.165, 1.54) is 6.20 Å². The Hall–Kier alpha value is -2.39. The number of aliphatic carboxylic acids is 2. The second-order valence-electron chi connectivity index (χ2n) is 5.63. The molecule has 0 fully saturated rings. The van der Waals surface area contributed by atoms with E-state index in [-0.39, 0.29) is 12.0 Å². The standard InChI is InChI=1S/C13H18ClN3O2.C2H2O4/c1-16(2)5-4-10-8-17(3)13(18)11-6-9(14)7-15-12(11)19-10;3-1(4)2(5)6/h6-7,10H,4-5,8H2,1-3H3;(H,3,4)(H,5,6). The van der Waals surface area contributed by atoms with Gasteiger partial charge in [0.2, 0.25) is 5.88 Å². The molecule has 0 aromatic carbocycles. The normalized spacial score (nSPS) is 16.3. The quantitative estimate of drug-likeness (QED) is 0.742. The average Bonchev–Trinajstić information content (AvgIpc) is 2.64. The number of amides is 1. The maximum Gasteiger partial charge on any atom is 0.414 e. The van der Waals surface area contributed by atoms with Crippen LogP contribution in [0.25, 0.3) is 0 Å². The summed E-state index contributed by atoms with van der Waals surface area (Å²) in [6.45, 7) is 1.45. The number of carboxylic acid groups (broad SMARTS) is 2. The van der Waals surface area contributed by atoms with E-state index in [2.05, 4.69) is 9.88 Å². The number of carbonyl (C=O) groups is 3. The first kappa shape index (κ1) is 20.7. The van der Waals surface area contributed by atoms with Crippen molar-refractivity contribution in [2.45, 2.75) is 12.5 Å². The van der Waals surface area contributed by atoms with Crippen LogP contribution < -0.4 is 4.74 Å². The summed E-state index contributed by atoms with van der Waals surface area (Å²) >= 11 is 5.89. The van der Waals surface area contributed by atoms with E-state index in [1.807, 2.05) is 14.1 Å². The predicted molar refractivity (Wildman–Crippen MR) is 89.1 cm³/mol. The highest BCUT2D eigenvalue weighted by molar-refractivity contribution is 6.30. The molecule has 10 heteroatoms. The van der Waals surface area contributed by atoms with Gasteiger partial charge in [0.25, 0.3) is 5.91 Å². The van der Waals surface area contributed by atoms with Crippen molar-refractivity contribution >= 4 is 29.4 Å². The van der Waals surface area contributed by atoms with E-state index in [0.29, 0.717) is 23.0 Å². The predicted octanol–water partition coefficient (Wildman–Crippen LogP) is 0.675. The lowest BCUT2D eigenvalue weighted by Gasteiger charge is -2.21. The molecule has 0 aliphatic carbocycles. The van der Waals surface area contributed by atoms with Gasteiger partial charge < -0.3 is 24.7 Å². The van der Waals surface area contributed by atoms with Gasteiger partial charge >= 0.3 is 11.9 Å². The first-order valence-corrected chi connectivity index (χ1v) is 7.68. The number of likely N-dealkylation sites (N-methyl/N-ethyl adjacent to an activating group) is 1. The minimum atomic E-state index is -1.82. The Morgan fingerprint density at radius 1 is 1.40 bits per heavy atom. The summed E-state index contributed by atoms with van der Waals surface area (Å²) in [5, 5.41) is 15.2. The van der Waals surface area contributed by atoms with Crippen molar-refractivity contribution in [1.82, 2.24) is 14.8 Å². The number of fused-ring (bicyclic) bond motifs is 1. The summed E-state index contributed by atoms with van der Waals surface area (Å²) in [4.78, 5) is 38.3. The van der Waals surface area contributed by atoms with Crippen LogP contribution in [0.5, 0.6) is 5.88 Å². The Labute approximate surface area is 149 Å². The smallest absolute Gasteiger partial charge is 0.414 e. The van der Waals surface area contributed by atoms with E-state index in [4.69, 9.17) is 36.1 Å². The summed E-state index contributed by atoms with van der Waals surface area (Å²) in [6, 6.07) is 1.61. The van der Waals surface area contributed by atoms with Crippen LogP contribution in [-0.4, -0.2) is 83.2 Å². The summed E-state index contributed by atoms with van der Waals surface area (Å²) in [7, 11) is 5.79. The fraction of sp³-hybridized carbons (Fsp3) is 0.467. The number of pyridine rings is 1. The van der Waals surface area contributed by atoms with E-state index in [1.54, 1.807) is 18.0 Å². The van der Waals surface area contributed by atoms with Gasteiger partial charge in [0.05, 0.1) is 11.6 Å². The maximum atomic E-state index is 12.2. The molecule has 1 unspecified atom stereocenters. The summed E-state index contributed by atoms with van der Waals surface area (Å²) < 4.78 is 5.84. The van der Waals surface area contributed by atoms with Gasteiger partial charge in [0, 0.05) is 19.8 Å². The zero-order chi connectivity index (χ0) is 19.1. The van der Waals surface area contributed by atoms with Crippen LogP contribution in [0.15, 0.2) is 12.3 Å². The third-order valence-electron chi connectivity index (χ3n) is 3.23. The second kappa shape index (κ2) is 9.19. The zero-order valence-electron chi connectivity index (χ0n) is 14.1. The molecule has 0 saturated heterocycles. The molecule has 2 rings (SSSR count). The highest BCUT2D eigenvalue weighted by atomic mass is 35.5. The van der Waals surface area contributed by atoms with E-state index in [0.717, 1.165) is 13.0 Å². The van der Waals surface area contributed by atoms with Crippen LogP contribution in [0.1, 0.15) is 16.8 Å². The lowest BCUT2D eigenvalue weighted by molar-refractivity contribution is -0.159. The highest BCUT2D eigenvalue weighted by Crippen LogP contribution is 2.25. The first-order valence-electron chi connectivity index (χ1n) is 7.30. The number of hydrogen-bond donors (Lipinski definition) is 2. The topological polar surface area (TPSA) is 120 Å². The molecule has 9 nitrogen and oxygen atoms in total. The summed E-state index contributed by atoms with van der Waals surface area (Å²) in [5.74, 6) is -3.37. The number of hydrogen-bond acceptors (Lipinski definition) is 6. The van der Waals surface area contributed by atoms with Crippen molar-refractivity contribution in [2.24, 2.45) is 0 Å². The van der Waals surface area contributed by atoms with E-state index < -0.39 is 11.9 Å². The molecule has 1 aromatic rings. The van der Waals surface area contributed by atoms with Crippen molar-refractivity contribution in [3.8, 4) is 5.88 Å². The highest BCUT2D eigenvalue weighted by Gasteiger charge is 2.27. The summed E-state index contributed by atoms with van der Waals surface area (Å²) in [5.41, 5.74) is 0.433. The van der Waals surface area contributed by atoms with Crippen molar-refractivity contribution in [1.29, 1.82) is 0 Å². The Bertz CT molecular complexity index is 640. The number of nitrogens with zero attached hydrogens (tertiary/aromatic N) is 3. The lowest BCUT2D eigenvalue weighted by Crippen LogP contribution is -2.35. The molecule has 1 aromatic heterocycles. The number of aromatic nitrogens is 1. The molecule has 0 spiro atoms. The van der Waals surface area contributed by atoms with Crippen molar-refractivity contribution < 1.29 is 29.3 Å². The van der Waals surface area contributed by atoms with E-state index in [9.17, 15) is 4.79 Å². The largest absolute Gasteiger partial charge is 0.473 e. The molecular formula is C15H20ClN3O6. The number of halogens is 1. The van der Waals surface area contributed by atoms with Crippen LogP contribution in [0.2, 0.25) is 5.02 Å². The number of carbonyl (C=O) groups excluding carboxylic acids is 1. The van der Waals surface area contributed by atoms with Crippen molar-refractivity contribution in [3.63, 3.8) is 0 Å². The summed E-state index contributed by atoms with van der Waals surface area (Å²) in [6.07, 6.45) is 2.29. The molecule has 1 atom stereocenters. The molecule has 138 valence electrons. The zero-order valence-corrected chi connectivity index (χ0v) is 14.9. The first-order chi connectivity index (χ1) is 11.6. The van der Waals surface area contributed by atoms with Gasteiger partial charge in [-0.15, -0.1) is 0 Å². The molecule has 0 radical (unpaired) electrons. The fourth-order valence-corrected chi connectivity index (χ4v) is 2.17. The van der Waals surface area contributed by atoms with Gasteiger partial charge in [0.15, 0.2) is 0 Å². The van der Waals surface area contributed by atoms with Crippen LogP contribution in [0, 0.1) is 0 Å². The average molecular weight is 374 g/mol. The molecule has 0 saturated carbocycles. The van der Waals surface area contributed by atoms with Crippen molar-refractivity contribution in [2.75, 3.05) is 34.2 Å². The van der Waals surface area contributed by atoms with Gasteiger partial charge in [-0.2, -0.15) is 0 Å². The molecule has 2 heterocycles. The molecule has 1 aliphatic heterocycles. The Morgan fingerprint density at radius 3 is 2.52 bits per heavy atom. The molecule has 1 aliphatic rings.